The van der Waals surface area contributed by atoms with Crippen molar-refractivity contribution >= 4 is 23.5 Å². The molecule has 0 unspecified atom stereocenters. The maximum absolute atomic E-state index is 11.8. The largest absolute Gasteiger partial charge is 0.462 e. The third-order valence-electron chi connectivity index (χ3n) is 2.55. The van der Waals surface area contributed by atoms with Crippen LogP contribution in [0.1, 0.15) is 27.8 Å². The first kappa shape index (κ1) is 14.1. The highest BCUT2D eigenvalue weighted by Crippen LogP contribution is 2.18. The molecule has 20 heavy (non-hydrogen) atoms. The van der Waals surface area contributed by atoms with E-state index in [2.05, 4.69) is 5.10 Å². The van der Waals surface area contributed by atoms with Crippen molar-refractivity contribution in [2.45, 2.75) is 6.92 Å². The number of aromatic nitrogens is 2. The lowest BCUT2D eigenvalue weighted by Gasteiger charge is -2.06. The van der Waals surface area contributed by atoms with Gasteiger partial charge in [0.1, 0.15) is 11.3 Å². The molecule has 0 saturated heterocycles. The maximum atomic E-state index is 11.8. The second-order valence-electron chi connectivity index (χ2n) is 3.88. The van der Waals surface area contributed by atoms with E-state index < -0.39 is 11.9 Å². The van der Waals surface area contributed by atoms with E-state index in [1.165, 1.54) is 10.9 Å². The van der Waals surface area contributed by atoms with Crippen molar-refractivity contribution in [2.24, 2.45) is 5.73 Å². The SMILES string of the molecule is CCOC(=O)c1cnn(-c2cccc(Cl)c2)c1C(N)=O. The molecule has 0 aliphatic rings. The summed E-state index contributed by atoms with van der Waals surface area (Å²) < 4.78 is 6.13. The minimum Gasteiger partial charge on any atom is -0.462 e. The zero-order valence-electron chi connectivity index (χ0n) is 10.7. The van der Waals surface area contributed by atoms with Crippen molar-refractivity contribution in [1.29, 1.82) is 0 Å². The van der Waals surface area contributed by atoms with E-state index in [4.69, 9.17) is 22.1 Å². The van der Waals surface area contributed by atoms with Crippen LogP contribution in [0.3, 0.4) is 0 Å². The molecule has 2 aromatic rings. The van der Waals surface area contributed by atoms with Gasteiger partial charge in [0.2, 0.25) is 0 Å². The molecule has 7 heteroatoms. The molecule has 1 amide bonds. The van der Waals surface area contributed by atoms with Gasteiger partial charge in [-0.05, 0) is 25.1 Å². The molecule has 0 bridgehead atoms. The number of amides is 1. The molecular weight excluding hydrogens is 282 g/mol. The molecular formula is C13H12ClN3O3. The number of carbonyl (C=O) groups is 2. The van der Waals surface area contributed by atoms with E-state index >= 15 is 0 Å². The van der Waals surface area contributed by atoms with E-state index in [1.54, 1.807) is 31.2 Å². The molecule has 0 atom stereocenters. The summed E-state index contributed by atoms with van der Waals surface area (Å²) in [4.78, 5) is 23.4. The van der Waals surface area contributed by atoms with E-state index in [1.807, 2.05) is 0 Å². The second-order valence-corrected chi connectivity index (χ2v) is 4.32. The number of esters is 1. The molecule has 0 aliphatic heterocycles. The zero-order chi connectivity index (χ0) is 14.7. The van der Waals surface area contributed by atoms with Gasteiger partial charge in [-0.3, -0.25) is 4.79 Å². The summed E-state index contributed by atoms with van der Waals surface area (Å²) in [6, 6.07) is 6.69. The number of primary amides is 1. The molecule has 1 aromatic carbocycles. The standard InChI is InChI=1S/C13H12ClN3O3/c1-2-20-13(19)10-7-16-17(11(10)12(15)18)9-5-3-4-8(14)6-9/h3-7H,2H2,1H3,(H2,15,18). The lowest BCUT2D eigenvalue weighted by molar-refractivity contribution is 0.0523. The van der Waals surface area contributed by atoms with Crippen molar-refractivity contribution in [3.63, 3.8) is 0 Å². The van der Waals surface area contributed by atoms with Crippen LogP contribution < -0.4 is 5.73 Å². The number of benzene rings is 1. The van der Waals surface area contributed by atoms with Gasteiger partial charge in [-0.15, -0.1) is 0 Å². The molecule has 0 fully saturated rings. The first-order chi connectivity index (χ1) is 9.54. The van der Waals surface area contributed by atoms with Crippen molar-refractivity contribution in [2.75, 3.05) is 6.61 Å². The highest BCUT2D eigenvalue weighted by Gasteiger charge is 2.23. The predicted octanol–water partition coefficient (Wildman–Crippen LogP) is 1.80. The van der Waals surface area contributed by atoms with Crippen LogP contribution in [-0.4, -0.2) is 28.3 Å². The topological polar surface area (TPSA) is 87.2 Å². The molecule has 2 rings (SSSR count). The number of nitrogens with zero attached hydrogens (tertiary/aromatic N) is 2. The van der Waals surface area contributed by atoms with Gasteiger partial charge in [0, 0.05) is 5.02 Å². The van der Waals surface area contributed by atoms with Crippen LogP contribution in [0.2, 0.25) is 5.02 Å². The fourth-order valence-corrected chi connectivity index (χ4v) is 1.93. The Morgan fingerprint density at radius 1 is 1.45 bits per heavy atom. The molecule has 1 aromatic heterocycles. The van der Waals surface area contributed by atoms with Gasteiger partial charge in [0.05, 0.1) is 18.5 Å². The number of rotatable bonds is 4. The van der Waals surface area contributed by atoms with Crippen LogP contribution >= 0.6 is 11.6 Å². The lowest BCUT2D eigenvalue weighted by Crippen LogP contribution is -2.20. The summed E-state index contributed by atoms with van der Waals surface area (Å²) in [5.41, 5.74) is 5.85. The first-order valence-electron chi connectivity index (χ1n) is 5.85. The summed E-state index contributed by atoms with van der Waals surface area (Å²) in [5.74, 6) is -1.42. The van der Waals surface area contributed by atoms with Crippen LogP contribution in [0.15, 0.2) is 30.5 Å². The fraction of sp³-hybridized carbons (Fsp3) is 0.154. The molecule has 0 radical (unpaired) electrons. The summed E-state index contributed by atoms with van der Waals surface area (Å²) in [6.45, 7) is 1.86. The third kappa shape index (κ3) is 2.65. The van der Waals surface area contributed by atoms with Crippen LogP contribution in [0.4, 0.5) is 0 Å². The minimum atomic E-state index is -0.773. The number of nitrogens with two attached hydrogens (primary N) is 1. The molecule has 2 N–H and O–H groups in total. The van der Waals surface area contributed by atoms with Gasteiger partial charge in [-0.25, -0.2) is 9.48 Å². The van der Waals surface area contributed by atoms with Crippen LogP contribution in [0.25, 0.3) is 5.69 Å². The van der Waals surface area contributed by atoms with Crippen molar-refractivity contribution in [3.8, 4) is 5.69 Å². The van der Waals surface area contributed by atoms with E-state index in [9.17, 15) is 9.59 Å². The van der Waals surface area contributed by atoms with Gasteiger partial charge in [0.15, 0.2) is 0 Å². The number of hydrogen-bond donors (Lipinski definition) is 1. The van der Waals surface area contributed by atoms with Crippen molar-refractivity contribution < 1.29 is 14.3 Å². The Hall–Kier alpha value is -2.34. The van der Waals surface area contributed by atoms with Crippen LogP contribution in [0.5, 0.6) is 0 Å². The van der Waals surface area contributed by atoms with E-state index in [0.717, 1.165) is 0 Å². The monoisotopic (exact) mass is 293 g/mol. The molecule has 6 nitrogen and oxygen atoms in total. The number of halogens is 1. The normalized spacial score (nSPS) is 10.3. The smallest absolute Gasteiger partial charge is 0.342 e. The Labute approximate surface area is 120 Å². The molecule has 104 valence electrons. The quantitative estimate of drug-likeness (QED) is 0.871. The van der Waals surface area contributed by atoms with Crippen molar-refractivity contribution in [1.82, 2.24) is 9.78 Å². The Balaban J connectivity index is 2.55. The lowest BCUT2D eigenvalue weighted by atomic mass is 10.2. The third-order valence-corrected chi connectivity index (χ3v) is 2.79. The van der Waals surface area contributed by atoms with Crippen molar-refractivity contribution in [3.05, 3.63) is 46.7 Å². The fourth-order valence-electron chi connectivity index (χ4n) is 1.75. The number of ether oxygens (including phenoxy) is 1. The average Bonchev–Trinajstić information content (AvgIpc) is 2.83. The molecule has 1 heterocycles. The highest BCUT2D eigenvalue weighted by molar-refractivity contribution is 6.30. The molecule has 0 spiro atoms. The first-order valence-corrected chi connectivity index (χ1v) is 6.23. The van der Waals surface area contributed by atoms with Gasteiger partial charge in [0.25, 0.3) is 5.91 Å². The number of hydrogen-bond acceptors (Lipinski definition) is 4. The van der Waals surface area contributed by atoms with Crippen LogP contribution in [0, 0.1) is 0 Å². The van der Waals surface area contributed by atoms with E-state index in [0.29, 0.717) is 10.7 Å². The number of carbonyl (C=O) groups excluding carboxylic acids is 2. The van der Waals surface area contributed by atoms with Gasteiger partial charge in [-0.1, -0.05) is 17.7 Å². The van der Waals surface area contributed by atoms with E-state index in [-0.39, 0.29) is 17.9 Å². The molecule has 0 saturated carbocycles. The van der Waals surface area contributed by atoms with Gasteiger partial charge in [-0.2, -0.15) is 5.10 Å². The van der Waals surface area contributed by atoms with Gasteiger partial charge >= 0.3 is 5.97 Å². The molecule has 0 aliphatic carbocycles. The summed E-state index contributed by atoms with van der Waals surface area (Å²) in [6.07, 6.45) is 1.25. The maximum Gasteiger partial charge on any atom is 0.342 e. The highest BCUT2D eigenvalue weighted by atomic mass is 35.5. The minimum absolute atomic E-state index is 0.0272. The van der Waals surface area contributed by atoms with Gasteiger partial charge < -0.3 is 10.5 Å². The Morgan fingerprint density at radius 2 is 2.20 bits per heavy atom. The summed E-state index contributed by atoms with van der Waals surface area (Å²) >= 11 is 5.90. The van der Waals surface area contributed by atoms with Crippen LogP contribution in [-0.2, 0) is 4.74 Å². The summed E-state index contributed by atoms with van der Waals surface area (Å²) in [5, 5.41) is 4.49. The zero-order valence-corrected chi connectivity index (χ0v) is 11.4. The Bertz CT molecular complexity index is 667. The Morgan fingerprint density at radius 3 is 2.80 bits per heavy atom. The summed E-state index contributed by atoms with van der Waals surface area (Å²) in [7, 11) is 0. The predicted molar refractivity (Wildman–Crippen MR) is 73.0 cm³/mol. The average molecular weight is 294 g/mol. The Kier molecular flexibility index (Phi) is 4.05. The second kappa shape index (κ2) is 5.75.